The Labute approximate surface area is 130 Å². The molecule has 0 saturated carbocycles. The van der Waals surface area contributed by atoms with Gasteiger partial charge in [-0.2, -0.15) is 0 Å². The monoisotopic (exact) mass is 311 g/mol. The highest BCUT2D eigenvalue weighted by Crippen LogP contribution is 2.30. The number of nitrogens with two attached hydrogens (primary N) is 1. The summed E-state index contributed by atoms with van der Waals surface area (Å²) in [7, 11) is 4.04. The zero-order valence-electron chi connectivity index (χ0n) is 13.5. The maximum Gasteiger partial charge on any atom is 0.267 e. The second-order valence-corrected chi connectivity index (χ2v) is 7.16. The molecule has 2 N–H and O–H groups in total. The van der Waals surface area contributed by atoms with Crippen molar-refractivity contribution in [3.63, 3.8) is 0 Å². The van der Waals surface area contributed by atoms with Crippen molar-refractivity contribution in [1.29, 1.82) is 0 Å². The fourth-order valence-electron chi connectivity index (χ4n) is 2.33. The highest BCUT2D eigenvalue weighted by molar-refractivity contribution is 7.18. The van der Waals surface area contributed by atoms with E-state index < -0.39 is 0 Å². The minimum absolute atomic E-state index is 0.00179. The summed E-state index contributed by atoms with van der Waals surface area (Å²) in [4.78, 5) is 23.8. The molecule has 1 aliphatic heterocycles. The van der Waals surface area contributed by atoms with E-state index in [1.807, 2.05) is 23.8 Å². The number of likely N-dealkylation sites (N-methyl/N-ethyl adjacent to an activating group) is 1. The molecule has 0 bridgehead atoms. The van der Waals surface area contributed by atoms with Gasteiger partial charge in [-0.15, -0.1) is 0 Å². The van der Waals surface area contributed by atoms with Gasteiger partial charge in [0, 0.05) is 38.8 Å². The summed E-state index contributed by atoms with van der Waals surface area (Å²) < 4.78 is 0. The Morgan fingerprint density at radius 1 is 1.48 bits per heavy atom. The summed E-state index contributed by atoms with van der Waals surface area (Å²) in [5.74, 6) is 0.346. The average Bonchev–Trinajstić information content (AvgIpc) is 2.82. The predicted octanol–water partition coefficient (Wildman–Crippen LogP) is 1.35. The number of anilines is 2. The number of carbonyl (C=O) groups excluding carboxylic acids is 1. The Hall–Kier alpha value is -1.34. The lowest BCUT2D eigenvalue weighted by Gasteiger charge is -2.45. The van der Waals surface area contributed by atoms with Crippen molar-refractivity contribution in [1.82, 2.24) is 14.8 Å². The smallest absolute Gasteiger partial charge is 0.267 e. The molecule has 6 nitrogen and oxygen atoms in total. The van der Waals surface area contributed by atoms with E-state index in [9.17, 15) is 4.79 Å². The number of rotatable bonds is 3. The third kappa shape index (κ3) is 3.13. The predicted molar refractivity (Wildman–Crippen MR) is 88.1 cm³/mol. The van der Waals surface area contributed by atoms with Crippen molar-refractivity contribution >= 4 is 28.2 Å². The molecule has 0 radical (unpaired) electrons. The van der Waals surface area contributed by atoms with E-state index in [-0.39, 0.29) is 11.4 Å². The van der Waals surface area contributed by atoms with E-state index in [4.69, 9.17) is 5.73 Å². The summed E-state index contributed by atoms with van der Waals surface area (Å²) >= 11 is 1.38. The number of nitrogens with zero attached hydrogens (tertiary/aromatic N) is 4. The van der Waals surface area contributed by atoms with Crippen LogP contribution in [0.5, 0.6) is 0 Å². The molecule has 1 amide bonds. The third-order valence-corrected chi connectivity index (χ3v) is 5.41. The highest BCUT2D eigenvalue weighted by atomic mass is 32.1. The van der Waals surface area contributed by atoms with Gasteiger partial charge in [0.1, 0.15) is 10.7 Å². The molecule has 2 heterocycles. The van der Waals surface area contributed by atoms with Crippen molar-refractivity contribution in [3.05, 3.63) is 4.88 Å². The number of aromatic nitrogens is 1. The van der Waals surface area contributed by atoms with Gasteiger partial charge in [0.05, 0.1) is 0 Å². The van der Waals surface area contributed by atoms with Crippen LogP contribution in [0.4, 0.5) is 10.9 Å². The van der Waals surface area contributed by atoms with Crippen LogP contribution in [-0.2, 0) is 0 Å². The topological polar surface area (TPSA) is 65.7 Å². The molecule has 0 aromatic carbocycles. The van der Waals surface area contributed by atoms with Crippen LogP contribution < -0.4 is 10.6 Å². The molecular weight excluding hydrogens is 286 g/mol. The lowest BCUT2D eigenvalue weighted by molar-refractivity contribution is 0.0315. The first-order valence-electron chi connectivity index (χ1n) is 7.24. The van der Waals surface area contributed by atoms with Gasteiger partial charge in [-0.25, -0.2) is 4.98 Å². The maximum atomic E-state index is 12.7. The number of thiazole rings is 1. The Bertz CT molecular complexity index is 527. The first kappa shape index (κ1) is 16.0. The lowest BCUT2D eigenvalue weighted by atomic mass is 9.99. The van der Waals surface area contributed by atoms with Crippen LogP contribution >= 0.6 is 11.3 Å². The van der Waals surface area contributed by atoms with Crippen molar-refractivity contribution < 1.29 is 4.79 Å². The number of hydrogen-bond donors (Lipinski definition) is 1. The molecule has 1 aromatic heterocycles. The van der Waals surface area contributed by atoms with E-state index in [0.717, 1.165) is 24.8 Å². The van der Waals surface area contributed by atoms with Crippen LogP contribution in [0.2, 0.25) is 0 Å². The van der Waals surface area contributed by atoms with E-state index in [2.05, 4.69) is 30.8 Å². The van der Waals surface area contributed by atoms with Gasteiger partial charge >= 0.3 is 0 Å². The van der Waals surface area contributed by atoms with Gasteiger partial charge in [-0.3, -0.25) is 9.69 Å². The second-order valence-electron chi connectivity index (χ2n) is 6.19. The van der Waals surface area contributed by atoms with Crippen LogP contribution in [0.15, 0.2) is 0 Å². The Balaban J connectivity index is 2.19. The molecule has 0 unspecified atom stereocenters. The first-order valence-corrected chi connectivity index (χ1v) is 8.06. The molecule has 1 aliphatic rings. The Morgan fingerprint density at radius 3 is 2.71 bits per heavy atom. The van der Waals surface area contributed by atoms with Crippen LogP contribution in [0.3, 0.4) is 0 Å². The van der Waals surface area contributed by atoms with Crippen molar-refractivity contribution in [3.8, 4) is 0 Å². The zero-order valence-corrected chi connectivity index (χ0v) is 14.3. The van der Waals surface area contributed by atoms with Crippen molar-refractivity contribution in [2.45, 2.75) is 26.3 Å². The second kappa shape index (κ2) is 5.81. The maximum absolute atomic E-state index is 12.7. The standard InChI is InChI=1S/C14H25N5OS/c1-6-17(4)13-16-11(15)10(21-13)12(20)19-8-7-18(5)14(2,3)9-19/h6-9,15H2,1-5H3. The first-order chi connectivity index (χ1) is 9.76. The van der Waals surface area contributed by atoms with E-state index in [0.29, 0.717) is 17.2 Å². The highest BCUT2D eigenvalue weighted by Gasteiger charge is 2.34. The van der Waals surface area contributed by atoms with Crippen LogP contribution in [0.1, 0.15) is 30.4 Å². The Morgan fingerprint density at radius 2 is 2.14 bits per heavy atom. The fraction of sp³-hybridized carbons (Fsp3) is 0.714. The number of amides is 1. The fourth-order valence-corrected chi connectivity index (χ4v) is 3.31. The molecule has 0 atom stereocenters. The van der Waals surface area contributed by atoms with Crippen LogP contribution in [0.25, 0.3) is 0 Å². The minimum Gasteiger partial charge on any atom is -0.382 e. The molecule has 0 spiro atoms. The summed E-state index contributed by atoms with van der Waals surface area (Å²) in [6, 6.07) is 0. The van der Waals surface area contributed by atoms with Crippen molar-refractivity contribution in [2.75, 3.05) is 50.9 Å². The van der Waals surface area contributed by atoms with Crippen molar-refractivity contribution in [2.24, 2.45) is 0 Å². The molecular formula is C14H25N5OS. The molecule has 0 aliphatic carbocycles. The van der Waals surface area contributed by atoms with E-state index in [1.165, 1.54) is 11.3 Å². The Kier molecular flexibility index (Phi) is 4.43. The molecule has 1 aromatic rings. The quantitative estimate of drug-likeness (QED) is 0.913. The van der Waals surface area contributed by atoms with Gasteiger partial charge in [-0.1, -0.05) is 11.3 Å². The van der Waals surface area contributed by atoms with Gasteiger partial charge in [0.15, 0.2) is 5.13 Å². The summed E-state index contributed by atoms with van der Waals surface area (Å²) in [5.41, 5.74) is 5.93. The van der Waals surface area contributed by atoms with E-state index >= 15 is 0 Å². The SMILES string of the molecule is CCN(C)c1nc(N)c(C(=O)N2CCN(C)C(C)(C)C2)s1. The van der Waals surface area contributed by atoms with Gasteiger partial charge < -0.3 is 15.5 Å². The summed E-state index contributed by atoms with van der Waals surface area (Å²) in [5, 5.41) is 0.798. The lowest BCUT2D eigenvalue weighted by Crippen LogP contribution is -2.58. The molecule has 1 saturated heterocycles. The molecule has 1 fully saturated rings. The summed E-state index contributed by atoms with van der Waals surface area (Å²) in [6.07, 6.45) is 0. The van der Waals surface area contributed by atoms with E-state index in [1.54, 1.807) is 0 Å². The van der Waals surface area contributed by atoms with Gasteiger partial charge in [0.25, 0.3) is 5.91 Å². The third-order valence-electron chi connectivity index (χ3n) is 4.24. The van der Waals surface area contributed by atoms with Crippen LogP contribution in [-0.4, -0.2) is 66.5 Å². The molecule has 21 heavy (non-hydrogen) atoms. The number of piperazine rings is 1. The zero-order chi connectivity index (χ0) is 15.8. The number of nitrogen functional groups attached to an aromatic ring is 1. The molecule has 2 rings (SSSR count). The molecule has 7 heteroatoms. The number of hydrogen-bond acceptors (Lipinski definition) is 6. The minimum atomic E-state index is -0.0175. The summed E-state index contributed by atoms with van der Waals surface area (Å²) in [6.45, 7) is 9.49. The molecule has 118 valence electrons. The van der Waals surface area contributed by atoms with Crippen LogP contribution in [0, 0.1) is 0 Å². The number of carbonyl (C=O) groups is 1. The normalized spacial score (nSPS) is 18.8. The van der Waals surface area contributed by atoms with Gasteiger partial charge in [-0.05, 0) is 27.8 Å². The largest absolute Gasteiger partial charge is 0.382 e. The van der Waals surface area contributed by atoms with Gasteiger partial charge in [0.2, 0.25) is 0 Å². The average molecular weight is 311 g/mol.